The quantitative estimate of drug-likeness (QED) is 0.927. The van der Waals surface area contributed by atoms with E-state index in [0.717, 1.165) is 17.7 Å². The fourth-order valence-corrected chi connectivity index (χ4v) is 3.77. The van der Waals surface area contributed by atoms with Gasteiger partial charge in [-0.1, -0.05) is 19.1 Å². The van der Waals surface area contributed by atoms with Crippen LogP contribution in [0.3, 0.4) is 0 Å². The molecule has 0 radical (unpaired) electrons. The number of benzene rings is 1. The van der Waals surface area contributed by atoms with Gasteiger partial charge >= 0.3 is 0 Å². The van der Waals surface area contributed by atoms with Gasteiger partial charge in [0.2, 0.25) is 0 Å². The number of hydrogen-bond acceptors (Lipinski definition) is 4. The molecule has 2 fully saturated rings. The molecule has 1 N–H and O–H groups in total. The van der Waals surface area contributed by atoms with Crippen LogP contribution in [0.4, 0.5) is 0 Å². The van der Waals surface area contributed by atoms with Crippen LogP contribution in [0.25, 0.3) is 0 Å². The summed E-state index contributed by atoms with van der Waals surface area (Å²) in [5, 5.41) is 10.1. The topological polar surface area (TPSA) is 59.0 Å². The Balaban J connectivity index is 1.83. The van der Waals surface area contributed by atoms with Crippen LogP contribution in [0.2, 0.25) is 0 Å². The van der Waals surface area contributed by atoms with Crippen LogP contribution in [0.5, 0.6) is 5.75 Å². The lowest BCUT2D eigenvalue weighted by molar-refractivity contribution is -0.145. The Morgan fingerprint density at radius 3 is 2.78 bits per heavy atom. The van der Waals surface area contributed by atoms with E-state index in [-0.39, 0.29) is 24.0 Å². The Morgan fingerprint density at radius 2 is 2.13 bits per heavy atom. The third-order valence-electron chi connectivity index (χ3n) is 4.88. The molecular formula is C18H25NO4. The fourth-order valence-electron chi connectivity index (χ4n) is 3.77. The standard InChI is InChI=1S/C18H25NO4/c1-11-7-12(2)23-17(11)18(21)19-10-14(20)9-16(19)13-5-4-6-15(8-13)22-3/h4-6,8,11-12,14,16-17,20H,7,9-10H2,1-3H3. The van der Waals surface area contributed by atoms with E-state index in [9.17, 15) is 9.90 Å². The Labute approximate surface area is 137 Å². The normalized spacial score (nSPS) is 33.9. The van der Waals surface area contributed by atoms with Gasteiger partial charge in [-0.15, -0.1) is 0 Å². The second kappa shape index (κ2) is 6.49. The number of aliphatic hydroxyl groups is 1. The predicted molar refractivity (Wildman–Crippen MR) is 86.2 cm³/mol. The number of hydrogen-bond donors (Lipinski definition) is 1. The Morgan fingerprint density at radius 1 is 1.35 bits per heavy atom. The summed E-state index contributed by atoms with van der Waals surface area (Å²) in [4.78, 5) is 14.7. The summed E-state index contributed by atoms with van der Waals surface area (Å²) in [5.74, 6) is 0.961. The summed E-state index contributed by atoms with van der Waals surface area (Å²) >= 11 is 0. The molecule has 2 heterocycles. The predicted octanol–water partition coefficient (Wildman–Crippen LogP) is 2.14. The molecule has 5 heteroatoms. The first-order valence-corrected chi connectivity index (χ1v) is 8.27. The smallest absolute Gasteiger partial charge is 0.252 e. The van der Waals surface area contributed by atoms with Crippen LogP contribution in [0.1, 0.15) is 38.3 Å². The van der Waals surface area contributed by atoms with Crippen LogP contribution in [-0.4, -0.2) is 47.9 Å². The molecule has 2 saturated heterocycles. The molecule has 5 atom stereocenters. The lowest BCUT2D eigenvalue weighted by Gasteiger charge is -2.28. The maximum absolute atomic E-state index is 12.9. The van der Waals surface area contributed by atoms with Crippen molar-refractivity contribution in [2.45, 2.75) is 51.0 Å². The van der Waals surface area contributed by atoms with E-state index in [1.54, 1.807) is 12.0 Å². The van der Waals surface area contributed by atoms with Crippen LogP contribution in [-0.2, 0) is 9.53 Å². The van der Waals surface area contributed by atoms with Crippen molar-refractivity contribution in [2.24, 2.45) is 5.92 Å². The minimum Gasteiger partial charge on any atom is -0.497 e. The summed E-state index contributed by atoms with van der Waals surface area (Å²) in [6.45, 7) is 4.42. The second-order valence-corrected chi connectivity index (χ2v) is 6.75. The minimum absolute atomic E-state index is 0.00813. The first kappa shape index (κ1) is 16.3. The third kappa shape index (κ3) is 3.21. The van der Waals surface area contributed by atoms with Crippen molar-refractivity contribution in [3.63, 3.8) is 0 Å². The third-order valence-corrected chi connectivity index (χ3v) is 4.88. The zero-order valence-electron chi connectivity index (χ0n) is 13.9. The average Bonchev–Trinajstić information content (AvgIpc) is 3.09. The minimum atomic E-state index is -0.496. The first-order chi connectivity index (χ1) is 11.0. The van der Waals surface area contributed by atoms with Gasteiger partial charge in [0.15, 0.2) is 0 Å². The van der Waals surface area contributed by atoms with Crippen molar-refractivity contribution in [3.05, 3.63) is 29.8 Å². The summed E-state index contributed by atoms with van der Waals surface area (Å²) in [6.07, 6.45) is 0.668. The highest BCUT2D eigenvalue weighted by Crippen LogP contribution is 2.36. The summed E-state index contributed by atoms with van der Waals surface area (Å²) in [6, 6.07) is 7.58. The Bertz CT molecular complexity index is 576. The Hall–Kier alpha value is -1.59. The second-order valence-electron chi connectivity index (χ2n) is 6.75. The fraction of sp³-hybridized carbons (Fsp3) is 0.611. The van der Waals surface area contributed by atoms with E-state index in [1.165, 1.54) is 0 Å². The molecule has 0 aliphatic carbocycles. The highest BCUT2D eigenvalue weighted by molar-refractivity contribution is 5.82. The van der Waals surface area contributed by atoms with Gasteiger partial charge in [0.1, 0.15) is 11.9 Å². The monoisotopic (exact) mass is 319 g/mol. The van der Waals surface area contributed by atoms with Crippen LogP contribution >= 0.6 is 0 Å². The molecule has 0 bridgehead atoms. The lowest BCUT2D eigenvalue weighted by atomic mass is 9.99. The van der Waals surface area contributed by atoms with Gasteiger partial charge < -0.3 is 19.5 Å². The molecule has 0 spiro atoms. The van der Waals surface area contributed by atoms with E-state index >= 15 is 0 Å². The lowest BCUT2D eigenvalue weighted by Crippen LogP contribution is -2.41. The highest BCUT2D eigenvalue weighted by Gasteiger charge is 2.43. The molecule has 2 aliphatic rings. The maximum atomic E-state index is 12.9. The summed E-state index contributed by atoms with van der Waals surface area (Å²) < 4.78 is 11.1. The van der Waals surface area contributed by atoms with Gasteiger partial charge in [-0.25, -0.2) is 0 Å². The molecule has 5 unspecified atom stereocenters. The zero-order valence-corrected chi connectivity index (χ0v) is 13.9. The molecule has 126 valence electrons. The number of carbonyl (C=O) groups is 1. The molecule has 2 aliphatic heterocycles. The molecule has 5 nitrogen and oxygen atoms in total. The van der Waals surface area contributed by atoms with E-state index in [1.807, 2.05) is 31.2 Å². The maximum Gasteiger partial charge on any atom is 0.252 e. The van der Waals surface area contributed by atoms with Gasteiger partial charge in [0.25, 0.3) is 5.91 Å². The molecule has 0 saturated carbocycles. The summed E-state index contributed by atoms with van der Waals surface area (Å²) in [7, 11) is 1.63. The number of ether oxygens (including phenoxy) is 2. The van der Waals surface area contributed by atoms with E-state index < -0.39 is 12.2 Å². The zero-order chi connectivity index (χ0) is 16.6. The van der Waals surface area contributed by atoms with E-state index in [2.05, 4.69) is 6.92 Å². The van der Waals surface area contributed by atoms with Gasteiger partial charge in [-0.2, -0.15) is 0 Å². The first-order valence-electron chi connectivity index (χ1n) is 8.27. The number of nitrogens with zero attached hydrogens (tertiary/aromatic N) is 1. The average molecular weight is 319 g/mol. The number of methoxy groups -OCH3 is 1. The SMILES string of the molecule is COc1cccc(C2CC(O)CN2C(=O)C2OC(C)CC2C)c1. The molecule has 3 rings (SSSR count). The Kier molecular flexibility index (Phi) is 4.60. The number of carbonyl (C=O) groups excluding carboxylic acids is 1. The molecular weight excluding hydrogens is 294 g/mol. The molecule has 0 aromatic heterocycles. The number of rotatable bonds is 3. The van der Waals surface area contributed by atoms with Crippen LogP contribution in [0.15, 0.2) is 24.3 Å². The highest BCUT2D eigenvalue weighted by atomic mass is 16.5. The number of amides is 1. The van der Waals surface area contributed by atoms with Crippen molar-refractivity contribution >= 4 is 5.91 Å². The van der Waals surface area contributed by atoms with Gasteiger partial charge in [-0.3, -0.25) is 4.79 Å². The van der Waals surface area contributed by atoms with Crippen molar-refractivity contribution in [1.29, 1.82) is 0 Å². The number of likely N-dealkylation sites (tertiary alicyclic amines) is 1. The van der Waals surface area contributed by atoms with Crippen molar-refractivity contribution in [1.82, 2.24) is 4.90 Å². The van der Waals surface area contributed by atoms with Crippen molar-refractivity contribution in [2.75, 3.05) is 13.7 Å². The molecule has 23 heavy (non-hydrogen) atoms. The number of aliphatic hydroxyl groups excluding tert-OH is 1. The summed E-state index contributed by atoms with van der Waals surface area (Å²) in [5.41, 5.74) is 0.993. The van der Waals surface area contributed by atoms with E-state index in [4.69, 9.17) is 9.47 Å². The van der Waals surface area contributed by atoms with E-state index in [0.29, 0.717) is 13.0 Å². The largest absolute Gasteiger partial charge is 0.497 e. The van der Waals surface area contributed by atoms with Gasteiger partial charge in [-0.05, 0) is 43.4 Å². The molecule has 1 aromatic rings. The van der Waals surface area contributed by atoms with Crippen LogP contribution in [0, 0.1) is 5.92 Å². The van der Waals surface area contributed by atoms with Gasteiger partial charge in [0.05, 0.1) is 25.4 Å². The van der Waals surface area contributed by atoms with Crippen LogP contribution < -0.4 is 4.74 Å². The van der Waals surface area contributed by atoms with Crippen molar-refractivity contribution in [3.8, 4) is 5.75 Å². The van der Waals surface area contributed by atoms with Gasteiger partial charge in [0, 0.05) is 6.54 Å². The number of β-amino-alcohol motifs (C(OH)–C–C–N with tert-alkyl or cyclic N) is 1. The molecule has 1 aromatic carbocycles. The molecule has 1 amide bonds. The van der Waals surface area contributed by atoms with Crippen molar-refractivity contribution < 1.29 is 19.4 Å².